The van der Waals surface area contributed by atoms with Crippen LogP contribution in [0.15, 0.2) is 58.0 Å². The number of aryl methyl sites for hydroxylation is 2. The number of hydrogen-bond acceptors (Lipinski definition) is 8. The van der Waals surface area contributed by atoms with Crippen molar-refractivity contribution in [3.8, 4) is 34.3 Å². The van der Waals surface area contributed by atoms with E-state index < -0.39 is 15.1 Å². The van der Waals surface area contributed by atoms with Crippen LogP contribution in [0.25, 0.3) is 34.3 Å². The van der Waals surface area contributed by atoms with Gasteiger partial charge in [-0.05, 0) is 64.1 Å². The van der Waals surface area contributed by atoms with Gasteiger partial charge in [-0.15, -0.1) is 10.2 Å². The predicted molar refractivity (Wildman–Crippen MR) is 135 cm³/mol. The van der Waals surface area contributed by atoms with E-state index in [-0.39, 0.29) is 13.6 Å². The summed E-state index contributed by atoms with van der Waals surface area (Å²) >= 11 is 0. The average Bonchev–Trinajstić information content (AvgIpc) is 3.29. The first-order chi connectivity index (χ1) is 16.2. The first-order valence-corrected chi connectivity index (χ1v) is 12.5. The molecule has 0 amide bonds. The van der Waals surface area contributed by atoms with Crippen molar-refractivity contribution in [3.63, 3.8) is 0 Å². The number of sulfone groups is 1. The van der Waals surface area contributed by atoms with Crippen LogP contribution in [0.1, 0.15) is 33.5 Å². The smallest absolute Gasteiger partial charge is 0.268 e. The molecular formula is C25H31N5O3S. The Morgan fingerprint density at radius 1 is 1.03 bits per heavy atom. The van der Waals surface area contributed by atoms with Gasteiger partial charge in [0.05, 0.1) is 27.7 Å². The molecule has 0 bridgehead atoms. The lowest BCUT2D eigenvalue weighted by Gasteiger charge is -2.09. The molecule has 0 atom stereocenters. The second kappa shape index (κ2) is 9.44. The Labute approximate surface area is 202 Å². The van der Waals surface area contributed by atoms with E-state index in [1.165, 1.54) is 5.56 Å². The highest BCUT2D eigenvalue weighted by molar-refractivity contribution is 7.92. The first kappa shape index (κ1) is 23.7. The fourth-order valence-electron chi connectivity index (χ4n) is 3.59. The molecule has 1 N–H and O–H groups in total. The van der Waals surface area contributed by atoms with Gasteiger partial charge in [0.1, 0.15) is 5.69 Å². The maximum Gasteiger partial charge on any atom is 0.268 e. The monoisotopic (exact) mass is 481 g/mol. The van der Waals surface area contributed by atoms with Gasteiger partial charge in [0, 0.05) is 20.5 Å². The number of hydrogen-bond donors (Lipinski definition) is 1. The number of benzene rings is 2. The van der Waals surface area contributed by atoms with E-state index in [4.69, 9.17) is 9.40 Å². The van der Waals surface area contributed by atoms with Crippen LogP contribution in [0.3, 0.4) is 0 Å². The second-order valence-corrected chi connectivity index (χ2v) is 10.9. The third kappa shape index (κ3) is 4.62. The van der Waals surface area contributed by atoms with Crippen LogP contribution in [0, 0.1) is 13.8 Å². The molecule has 0 aliphatic carbocycles. The highest BCUT2D eigenvalue weighted by atomic mass is 32.2. The van der Waals surface area contributed by atoms with Crippen LogP contribution in [0.4, 0.5) is 0 Å². The third-order valence-corrected chi connectivity index (χ3v) is 7.75. The van der Waals surface area contributed by atoms with Crippen molar-refractivity contribution in [2.75, 3.05) is 7.05 Å². The van der Waals surface area contributed by atoms with E-state index >= 15 is 0 Å². The number of nitrogens with one attached hydrogen (secondary N) is 1. The number of aromatic nitrogens is 4. The summed E-state index contributed by atoms with van der Waals surface area (Å²) in [5, 5.41) is 11.1. The molecular weight excluding hydrogens is 450 g/mol. The fourth-order valence-corrected chi connectivity index (χ4v) is 4.65. The summed E-state index contributed by atoms with van der Waals surface area (Å²) in [5.41, 5.74) is 5.54. The van der Waals surface area contributed by atoms with Gasteiger partial charge in [0.15, 0.2) is 9.84 Å². The maximum absolute atomic E-state index is 12.4. The molecule has 2 heterocycles. The molecule has 34 heavy (non-hydrogen) atoms. The zero-order valence-electron chi connectivity index (χ0n) is 19.8. The van der Waals surface area contributed by atoms with Gasteiger partial charge in [0.2, 0.25) is 5.89 Å². The highest BCUT2D eigenvalue weighted by Crippen LogP contribution is 2.29. The summed E-state index contributed by atoms with van der Waals surface area (Å²) in [6, 6.07) is 12.7. The Morgan fingerprint density at radius 2 is 1.74 bits per heavy atom. The number of nitrogens with zero attached hydrogens (tertiary/aromatic N) is 4. The molecule has 0 saturated heterocycles. The Balaban J connectivity index is 0.00000228. The number of rotatable bonds is 7. The zero-order valence-corrected chi connectivity index (χ0v) is 20.6. The van der Waals surface area contributed by atoms with E-state index in [2.05, 4.69) is 26.6 Å². The van der Waals surface area contributed by atoms with E-state index in [0.29, 0.717) is 23.0 Å². The van der Waals surface area contributed by atoms with Crippen molar-refractivity contribution in [3.05, 3.63) is 65.5 Å². The molecule has 0 aliphatic rings. The van der Waals surface area contributed by atoms with Gasteiger partial charge < -0.3 is 9.73 Å². The standard InChI is InChI=1S/C25H27N5O3S.2H2/c1-15(2)34(31,32)20-9-7-19(8-10-20)22-14-27-17(4)23(28-22)25-30-29-24(33-25)21-11-6-18(13-26-5)12-16(21)3;;/h6-12,14-15,26H,13H2,1-5H3;2*1H. The Kier molecular flexibility index (Phi) is 6.58. The molecule has 4 rings (SSSR count). The van der Waals surface area contributed by atoms with Crippen LogP contribution < -0.4 is 5.32 Å². The molecule has 0 radical (unpaired) electrons. The van der Waals surface area contributed by atoms with Gasteiger partial charge in [-0.2, -0.15) is 0 Å². The third-order valence-electron chi connectivity index (χ3n) is 5.58. The summed E-state index contributed by atoms with van der Waals surface area (Å²) in [6.07, 6.45) is 1.65. The van der Waals surface area contributed by atoms with Crippen molar-refractivity contribution in [1.82, 2.24) is 25.5 Å². The minimum absolute atomic E-state index is 0. The Morgan fingerprint density at radius 3 is 2.38 bits per heavy atom. The minimum Gasteiger partial charge on any atom is -0.415 e. The summed E-state index contributed by atoms with van der Waals surface area (Å²) < 4.78 is 30.8. The van der Waals surface area contributed by atoms with Gasteiger partial charge in [-0.3, -0.25) is 4.98 Å². The van der Waals surface area contributed by atoms with Crippen molar-refractivity contribution < 1.29 is 15.7 Å². The molecule has 2 aromatic heterocycles. The Bertz CT molecular complexity index is 1440. The molecule has 0 aliphatic heterocycles. The molecule has 2 aromatic carbocycles. The van der Waals surface area contributed by atoms with Gasteiger partial charge in [0.25, 0.3) is 5.89 Å². The molecule has 0 saturated carbocycles. The lowest BCUT2D eigenvalue weighted by molar-refractivity contribution is 0.580. The highest BCUT2D eigenvalue weighted by Gasteiger charge is 2.20. The van der Waals surface area contributed by atoms with E-state index in [0.717, 1.165) is 23.2 Å². The van der Waals surface area contributed by atoms with Gasteiger partial charge >= 0.3 is 0 Å². The normalized spacial score (nSPS) is 11.8. The second-order valence-electron chi connectivity index (χ2n) is 8.40. The van der Waals surface area contributed by atoms with Crippen molar-refractivity contribution >= 4 is 9.84 Å². The topological polar surface area (TPSA) is 111 Å². The molecule has 8 nitrogen and oxygen atoms in total. The molecule has 0 unspecified atom stereocenters. The zero-order chi connectivity index (χ0) is 24.5. The van der Waals surface area contributed by atoms with E-state index in [9.17, 15) is 8.42 Å². The van der Waals surface area contributed by atoms with Crippen molar-refractivity contribution in [1.29, 1.82) is 0 Å². The lowest BCUT2D eigenvalue weighted by Crippen LogP contribution is -2.13. The van der Waals surface area contributed by atoms with E-state index in [1.807, 2.05) is 33.0 Å². The van der Waals surface area contributed by atoms with Crippen LogP contribution in [-0.2, 0) is 16.4 Å². The van der Waals surface area contributed by atoms with Crippen molar-refractivity contribution in [2.45, 2.75) is 44.4 Å². The molecule has 0 spiro atoms. The molecule has 9 heteroatoms. The van der Waals surface area contributed by atoms with Crippen LogP contribution in [-0.4, -0.2) is 40.9 Å². The van der Waals surface area contributed by atoms with Crippen LogP contribution in [0.5, 0.6) is 0 Å². The molecule has 0 fully saturated rings. The Hall–Kier alpha value is -3.43. The summed E-state index contributed by atoms with van der Waals surface area (Å²) in [6.45, 7) is 7.94. The molecule has 180 valence electrons. The SMILES string of the molecule is CNCc1ccc(-c2nnc(-c3nc(-c4ccc(S(=O)(=O)C(C)C)cc4)cnc3C)o2)c(C)c1.[HH].[HH]. The summed E-state index contributed by atoms with van der Waals surface area (Å²) in [7, 11) is -1.43. The van der Waals surface area contributed by atoms with Crippen LogP contribution in [0.2, 0.25) is 0 Å². The summed E-state index contributed by atoms with van der Waals surface area (Å²) in [5.74, 6) is 0.693. The van der Waals surface area contributed by atoms with Gasteiger partial charge in [-0.1, -0.05) is 24.3 Å². The predicted octanol–water partition coefficient (Wildman–Crippen LogP) is 4.87. The first-order valence-electron chi connectivity index (χ1n) is 11.0. The maximum atomic E-state index is 12.4. The van der Waals surface area contributed by atoms with Gasteiger partial charge in [-0.25, -0.2) is 13.4 Å². The minimum atomic E-state index is -3.34. The molecule has 4 aromatic rings. The summed E-state index contributed by atoms with van der Waals surface area (Å²) in [4.78, 5) is 9.42. The largest absolute Gasteiger partial charge is 0.415 e. The quantitative estimate of drug-likeness (QED) is 0.398. The van der Waals surface area contributed by atoms with Crippen molar-refractivity contribution in [2.24, 2.45) is 0 Å². The van der Waals surface area contributed by atoms with E-state index in [1.54, 1.807) is 44.3 Å². The average molecular weight is 482 g/mol. The fraction of sp³-hybridized carbons (Fsp3) is 0.280. The lowest BCUT2D eigenvalue weighted by atomic mass is 10.1. The van der Waals surface area contributed by atoms with Crippen LogP contribution >= 0.6 is 0 Å².